The van der Waals surface area contributed by atoms with Gasteiger partial charge in [0.2, 0.25) is 0 Å². The molecule has 0 bridgehead atoms. The molecule has 0 radical (unpaired) electrons. The van der Waals surface area contributed by atoms with Crippen LogP contribution in [0.25, 0.3) is 33.6 Å². The second-order valence-electron chi connectivity index (χ2n) is 10.2. The number of likely N-dealkylation sites (tertiary alicyclic amines) is 2. The third-order valence-corrected chi connectivity index (χ3v) is 7.65. The molecular formula is C28H32N8O2. The van der Waals surface area contributed by atoms with Crippen molar-refractivity contribution >= 4 is 22.9 Å². The fourth-order valence-corrected chi connectivity index (χ4v) is 5.53. The first-order chi connectivity index (χ1) is 18.5. The van der Waals surface area contributed by atoms with Crippen molar-refractivity contribution in [2.45, 2.75) is 52.0 Å². The molecule has 4 aromatic rings. The van der Waals surface area contributed by atoms with Crippen LogP contribution in [0.15, 0.2) is 41.1 Å². The Kier molecular flexibility index (Phi) is 6.71. The molecule has 38 heavy (non-hydrogen) atoms. The van der Waals surface area contributed by atoms with Gasteiger partial charge in [0.15, 0.2) is 5.76 Å². The van der Waals surface area contributed by atoms with Gasteiger partial charge in [0.05, 0.1) is 5.52 Å². The molecule has 0 atom stereocenters. The number of carbonyl (C=O) groups excluding carboxylic acids is 1. The van der Waals surface area contributed by atoms with Crippen LogP contribution in [0.4, 0.5) is 10.7 Å². The summed E-state index contributed by atoms with van der Waals surface area (Å²) >= 11 is 0. The van der Waals surface area contributed by atoms with E-state index in [2.05, 4.69) is 30.4 Å². The number of hydrogen-bond donors (Lipinski definition) is 1. The number of amides is 2. The third-order valence-electron chi connectivity index (χ3n) is 7.65. The standard InChI is InChI=1S/C28H32N8O2/c1-18-6-9-24(38-18)26-25(20-7-8-23-22(16-20)19(2)29-17-30-23)33-34-27(31-26)32-28(37)36-14-10-21(11-15-36)35-12-4-3-5-13-35/h6-9,16-17,21H,3-5,10-15H2,1-2H3,(H,31,32,34,37). The van der Waals surface area contributed by atoms with Crippen LogP contribution in [0.3, 0.4) is 0 Å². The number of rotatable bonds is 4. The molecule has 5 heterocycles. The molecule has 2 amide bonds. The summed E-state index contributed by atoms with van der Waals surface area (Å²) in [6, 6.07) is 9.96. The first-order valence-corrected chi connectivity index (χ1v) is 13.4. The zero-order valence-electron chi connectivity index (χ0n) is 21.9. The average Bonchev–Trinajstić information content (AvgIpc) is 3.40. The summed E-state index contributed by atoms with van der Waals surface area (Å²) in [7, 11) is 0. The number of nitrogens with zero attached hydrogens (tertiary/aromatic N) is 7. The normalized spacial score (nSPS) is 17.2. The summed E-state index contributed by atoms with van der Waals surface area (Å²) in [5.41, 5.74) is 3.62. The molecule has 2 aliphatic rings. The largest absolute Gasteiger partial charge is 0.460 e. The Morgan fingerprint density at radius 3 is 2.53 bits per heavy atom. The van der Waals surface area contributed by atoms with Gasteiger partial charge in [0, 0.05) is 35.8 Å². The lowest BCUT2D eigenvalue weighted by Crippen LogP contribution is -2.49. The number of aromatic nitrogens is 5. The van der Waals surface area contributed by atoms with Crippen molar-refractivity contribution in [1.29, 1.82) is 0 Å². The maximum absolute atomic E-state index is 13.1. The molecule has 0 spiro atoms. The van der Waals surface area contributed by atoms with Gasteiger partial charge in [-0.3, -0.25) is 5.32 Å². The van der Waals surface area contributed by atoms with Gasteiger partial charge < -0.3 is 14.2 Å². The molecule has 0 saturated carbocycles. The zero-order chi connectivity index (χ0) is 26.1. The molecule has 2 fully saturated rings. The zero-order valence-corrected chi connectivity index (χ0v) is 21.9. The molecule has 0 unspecified atom stereocenters. The molecule has 10 heteroatoms. The number of piperidine rings is 2. The lowest BCUT2D eigenvalue weighted by molar-refractivity contribution is 0.104. The maximum atomic E-state index is 13.1. The molecule has 196 valence electrons. The summed E-state index contributed by atoms with van der Waals surface area (Å²) in [5, 5.41) is 12.6. The summed E-state index contributed by atoms with van der Waals surface area (Å²) in [4.78, 5) is 30.9. The van der Waals surface area contributed by atoms with E-state index in [-0.39, 0.29) is 12.0 Å². The van der Waals surface area contributed by atoms with Crippen LogP contribution in [0.1, 0.15) is 43.6 Å². The Labute approximate surface area is 221 Å². The van der Waals surface area contributed by atoms with Crippen LogP contribution in [0.5, 0.6) is 0 Å². The number of benzene rings is 1. The highest BCUT2D eigenvalue weighted by Crippen LogP contribution is 2.32. The number of aryl methyl sites for hydroxylation is 2. The predicted molar refractivity (Wildman–Crippen MR) is 145 cm³/mol. The van der Waals surface area contributed by atoms with Crippen molar-refractivity contribution < 1.29 is 9.21 Å². The highest BCUT2D eigenvalue weighted by atomic mass is 16.3. The Bertz CT molecular complexity index is 1450. The van der Waals surface area contributed by atoms with Crippen LogP contribution in [-0.4, -0.2) is 73.2 Å². The Hall–Kier alpha value is -3.92. The molecule has 1 N–H and O–H groups in total. The van der Waals surface area contributed by atoms with Gasteiger partial charge >= 0.3 is 6.03 Å². The molecule has 6 rings (SSSR count). The quantitative estimate of drug-likeness (QED) is 0.413. The van der Waals surface area contributed by atoms with Crippen LogP contribution in [0.2, 0.25) is 0 Å². The molecule has 2 aliphatic heterocycles. The van der Waals surface area contributed by atoms with Crippen LogP contribution < -0.4 is 5.32 Å². The highest BCUT2D eigenvalue weighted by Gasteiger charge is 2.28. The number of carbonyl (C=O) groups is 1. The van der Waals surface area contributed by atoms with Gasteiger partial charge in [-0.1, -0.05) is 12.5 Å². The van der Waals surface area contributed by atoms with E-state index >= 15 is 0 Å². The van der Waals surface area contributed by atoms with Crippen LogP contribution in [-0.2, 0) is 0 Å². The predicted octanol–water partition coefficient (Wildman–Crippen LogP) is 4.84. The van der Waals surface area contributed by atoms with E-state index in [1.807, 2.05) is 49.1 Å². The van der Waals surface area contributed by atoms with Crippen molar-refractivity contribution in [2.24, 2.45) is 0 Å². The number of nitrogens with one attached hydrogen (secondary N) is 1. The van der Waals surface area contributed by atoms with Gasteiger partial charge in [0.25, 0.3) is 5.95 Å². The monoisotopic (exact) mass is 512 g/mol. The highest BCUT2D eigenvalue weighted by molar-refractivity contribution is 5.89. The third kappa shape index (κ3) is 4.96. The van der Waals surface area contributed by atoms with Crippen molar-refractivity contribution in [3.63, 3.8) is 0 Å². The lowest BCUT2D eigenvalue weighted by Gasteiger charge is -2.40. The fourth-order valence-electron chi connectivity index (χ4n) is 5.53. The van der Waals surface area contributed by atoms with Gasteiger partial charge in [-0.2, -0.15) is 0 Å². The number of furan rings is 1. The van der Waals surface area contributed by atoms with E-state index in [1.165, 1.54) is 32.4 Å². The molecule has 1 aromatic carbocycles. The topological polar surface area (TPSA) is 113 Å². The van der Waals surface area contributed by atoms with Gasteiger partial charge in [0.1, 0.15) is 23.5 Å². The summed E-state index contributed by atoms with van der Waals surface area (Å²) in [6.07, 6.45) is 7.44. The number of anilines is 1. The second-order valence-corrected chi connectivity index (χ2v) is 10.2. The molecule has 10 nitrogen and oxygen atoms in total. The number of fused-ring (bicyclic) bond motifs is 1. The number of hydrogen-bond acceptors (Lipinski definition) is 8. The van der Waals surface area contributed by atoms with Gasteiger partial charge in [-0.05, 0) is 76.9 Å². The van der Waals surface area contributed by atoms with Gasteiger partial charge in [-0.15, -0.1) is 10.2 Å². The first kappa shape index (κ1) is 24.4. The van der Waals surface area contributed by atoms with E-state index < -0.39 is 0 Å². The SMILES string of the molecule is Cc1ccc(-c2nc(NC(=O)N3CCC(N4CCCCC4)CC3)nnc2-c2ccc3ncnc(C)c3c2)o1. The summed E-state index contributed by atoms with van der Waals surface area (Å²) in [5.74, 6) is 1.47. The second kappa shape index (κ2) is 10.4. The minimum atomic E-state index is -0.198. The Morgan fingerprint density at radius 1 is 0.947 bits per heavy atom. The first-order valence-electron chi connectivity index (χ1n) is 13.4. The van der Waals surface area contributed by atoms with Crippen molar-refractivity contribution in [1.82, 2.24) is 34.9 Å². The summed E-state index contributed by atoms with van der Waals surface area (Å²) in [6.45, 7) is 7.64. The molecule has 3 aromatic heterocycles. The van der Waals surface area contributed by atoms with E-state index in [9.17, 15) is 4.79 Å². The van der Waals surface area contributed by atoms with Crippen LogP contribution in [0, 0.1) is 13.8 Å². The van der Waals surface area contributed by atoms with E-state index in [0.29, 0.717) is 23.2 Å². The van der Waals surface area contributed by atoms with Crippen molar-refractivity contribution in [3.8, 4) is 22.7 Å². The van der Waals surface area contributed by atoms with Crippen molar-refractivity contribution in [3.05, 3.63) is 48.1 Å². The van der Waals surface area contributed by atoms with Gasteiger partial charge in [-0.25, -0.2) is 19.7 Å². The fraction of sp³-hybridized carbons (Fsp3) is 0.429. The Balaban J connectivity index is 1.23. The van der Waals surface area contributed by atoms with E-state index in [0.717, 1.165) is 53.9 Å². The maximum Gasteiger partial charge on any atom is 0.324 e. The summed E-state index contributed by atoms with van der Waals surface area (Å²) < 4.78 is 5.91. The minimum absolute atomic E-state index is 0.154. The van der Waals surface area contributed by atoms with Crippen molar-refractivity contribution in [2.75, 3.05) is 31.5 Å². The Morgan fingerprint density at radius 2 is 1.76 bits per heavy atom. The smallest absolute Gasteiger partial charge is 0.324 e. The van der Waals surface area contributed by atoms with E-state index in [1.54, 1.807) is 6.33 Å². The number of urea groups is 1. The molecule has 2 saturated heterocycles. The average molecular weight is 513 g/mol. The minimum Gasteiger partial charge on any atom is -0.460 e. The molecular weight excluding hydrogens is 480 g/mol. The van der Waals surface area contributed by atoms with E-state index in [4.69, 9.17) is 9.40 Å². The van der Waals surface area contributed by atoms with Crippen LogP contribution >= 0.6 is 0 Å². The molecule has 0 aliphatic carbocycles. The lowest BCUT2D eigenvalue weighted by atomic mass is 10.0.